The van der Waals surface area contributed by atoms with Crippen LogP contribution in [0.25, 0.3) is 0 Å². The monoisotopic (exact) mass is 284 g/mol. The van der Waals surface area contributed by atoms with Crippen LogP contribution in [0.2, 0.25) is 26.2 Å². The highest BCUT2D eigenvalue weighted by atomic mass is 28.4. The van der Waals surface area contributed by atoms with Gasteiger partial charge in [0.25, 0.3) is 0 Å². The molecule has 0 aliphatic carbocycles. The molecule has 0 saturated carbocycles. The lowest BCUT2D eigenvalue weighted by Crippen LogP contribution is -2.17. The molecule has 0 bridgehead atoms. The number of rotatable bonds is 6. The molecule has 0 aromatic carbocycles. The Bertz CT molecular complexity index is 114. The molecule has 0 fully saturated rings. The van der Waals surface area contributed by atoms with E-state index in [9.17, 15) is 0 Å². The van der Waals surface area contributed by atoms with Crippen molar-refractivity contribution in [1.29, 1.82) is 0 Å². The van der Waals surface area contributed by atoms with Crippen LogP contribution in [-0.2, 0) is 8.85 Å². The molecule has 17 heavy (non-hydrogen) atoms. The minimum absolute atomic E-state index is 0. The Morgan fingerprint density at radius 3 is 1.65 bits per heavy atom. The van der Waals surface area contributed by atoms with Gasteiger partial charge >= 0.3 is 0 Å². The Morgan fingerprint density at radius 2 is 1.47 bits per heavy atom. The van der Waals surface area contributed by atoms with Crippen molar-refractivity contribution >= 4 is 18.1 Å². The SMILES string of the molecule is C.C.C.C=CCOCCO.C[SiH](C)O[SiH](C)C. The summed E-state index contributed by atoms with van der Waals surface area (Å²) in [6, 6.07) is 0. The van der Waals surface area contributed by atoms with E-state index in [2.05, 4.69) is 32.8 Å². The van der Waals surface area contributed by atoms with E-state index in [0.29, 0.717) is 13.2 Å². The lowest BCUT2D eigenvalue weighted by molar-refractivity contribution is 0.112. The molecule has 0 aromatic rings. The first-order chi connectivity index (χ1) is 6.54. The van der Waals surface area contributed by atoms with Gasteiger partial charge in [-0.25, -0.2) is 0 Å². The van der Waals surface area contributed by atoms with Crippen molar-refractivity contribution in [3.05, 3.63) is 12.7 Å². The predicted molar refractivity (Wildman–Crippen MR) is 87.1 cm³/mol. The van der Waals surface area contributed by atoms with Gasteiger partial charge in [-0.3, -0.25) is 0 Å². The smallest absolute Gasteiger partial charge is 0.156 e. The fraction of sp³-hybridized carbons (Fsp3) is 0.833. The maximum atomic E-state index is 8.13. The molecule has 0 aliphatic rings. The number of ether oxygens (including phenoxy) is 1. The third-order valence-corrected chi connectivity index (χ3v) is 5.37. The van der Waals surface area contributed by atoms with Gasteiger partial charge in [0.15, 0.2) is 18.1 Å². The lowest BCUT2D eigenvalue weighted by Gasteiger charge is -2.07. The third-order valence-electron chi connectivity index (χ3n) is 1.02. The van der Waals surface area contributed by atoms with Gasteiger partial charge in [0.05, 0.1) is 19.8 Å². The normalized spacial score (nSPS) is 8.18. The van der Waals surface area contributed by atoms with E-state index < -0.39 is 18.1 Å². The summed E-state index contributed by atoms with van der Waals surface area (Å²) in [7, 11) is -1.33. The van der Waals surface area contributed by atoms with E-state index >= 15 is 0 Å². The molecule has 0 rings (SSSR count). The fourth-order valence-electron chi connectivity index (χ4n) is 0.776. The van der Waals surface area contributed by atoms with Crippen molar-refractivity contribution in [3.63, 3.8) is 0 Å². The van der Waals surface area contributed by atoms with Gasteiger partial charge in [0.1, 0.15) is 0 Å². The summed E-state index contributed by atoms with van der Waals surface area (Å²) in [4.78, 5) is 0. The molecule has 0 amide bonds. The predicted octanol–water partition coefficient (Wildman–Crippen LogP) is 3.06. The molecule has 0 atom stereocenters. The van der Waals surface area contributed by atoms with Gasteiger partial charge in [-0.2, -0.15) is 0 Å². The number of hydrogen-bond acceptors (Lipinski definition) is 3. The number of hydrogen-bond donors (Lipinski definition) is 1. The first kappa shape index (κ1) is 30.3. The molecular formula is C12H36O3Si2. The van der Waals surface area contributed by atoms with Crippen LogP contribution >= 0.6 is 0 Å². The molecule has 0 radical (unpaired) electrons. The molecular weight excluding hydrogens is 248 g/mol. The van der Waals surface area contributed by atoms with Crippen molar-refractivity contribution in [3.8, 4) is 0 Å². The number of aliphatic hydroxyl groups excluding tert-OH is 1. The van der Waals surface area contributed by atoms with Crippen LogP contribution in [-0.4, -0.2) is 43.0 Å². The average Bonchev–Trinajstić information content (AvgIpc) is 2.04. The second-order valence-electron chi connectivity index (χ2n) is 3.32. The summed E-state index contributed by atoms with van der Waals surface area (Å²) in [6.45, 7) is 13.3. The van der Waals surface area contributed by atoms with Crippen LogP contribution < -0.4 is 0 Å². The second-order valence-corrected chi connectivity index (χ2v) is 8.60. The molecule has 110 valence electrons. The highest BCUT2D eigenvalue weighted by Gasteiger charge is 1.97. The van der Waals surface area contributed by atoms with Crippen molar-refractivity contribution in [2.24, 2.45) is 0 Å². The summed E-state index contributed by atoms with van der Waals surface area (Å²) in [5.41, 5.74) is 0. The van der Waals surface area contributed by atoms with E-state index in [-0.39, 0.29) is 28.9 Å². The zero-order chi connectivity index (χ0) is 11.4. The van der Waals surface area contributed by atoms with Gasteiger partial charge in [0, 0.05) is 0 Å². The lowest BCUT2D eigenvalue weighted by atomic mass is 10.7. The van der Waals surface area contributed by atoms with E-state index in [1.165, 1.54) is 0 Å². The molecule has 1 N–H and O–H groups in total. The van der Waals surface area contributed by atoms with Crippen molar-refractivity contribution < 1.29 is 14.0 Å². The van der Waals surface area contributed by atoms with Crippen LogP contribution in [0.1, 0.15) is 22.3 Å². The average molecular weight is 285 g/mol. The summed E-state index contributed by atoms with van der Waals surface area (Å²) < 4.78 is 10.3. The van der Waals surface area contributed by atoms with Crippen molar-refractivity contribution in [1.82, 2.24) is 0 Å². The van der Waals surface area contributed by atoms with Gasteiger partial charge in [0.2, 0.25) is 0 Å². The standard InChI is InChI=1S/C5H10O2.C4H14OSi2.3CH4/c1-2-4-7-5-3-6;1-6(2)5-7(3)4;;;/h2,6H,1,3-5H2;6-7H,1-4H3;3*1H4. The first-order valence-electron chi connectivity index (χ1n) is 4.99. The highest BCUT2D eigenvalue weighted by molar-refractivity contribution is 6.63. The topological polar surface area (TPSA) is 38.7 Å². The van der Waals surface area contributed by atoms with E-state index in [1.54, 1.807) is 6.08 Å². The van der Waals surface area contributed by atoms with Gasteiger partial charge in [-0.1, -0.05) is 28.4 Å². The molecule has 0 saturated heterocycles. The van der Waals surface area contributed by atoms with Crippen LogP contribution in [0, 0.1) is 0 Å². The molecule has 0 spiro atoms. The fourth-order valence-corrected chi connectivity index (χ4v) is 5.13. The third kappa shape index (κ3) is 48.9. The summed E-state index contributed by atoms with van der Waals surface area (Å²) in [6.07, 6.45) is 1.65. The first-order valence-corrected chi connectivity index (χ1v) is 10.6. The van der Waals surface area contributed by atoms with Crippen LogP contribution in [0.5, 0.6) is 0 Å². The quantitative estimate of drug-likeness (QED) is 0.463. The van der Waals surface area contributed by atoms with Crippen LogP contribution in [0.3, 0.4) is 0 Å². The van der Waals surface area contributed by atoms with Gasteiger partial charge in [-0.05, 0) is 26.2 Å². The Kier molecular flexibility index (Phi) is 44.6. The van der Waals surface area contributed by atoms with Crippen molar-refractivity contribution in [2.45, 2.75) is 48.5 Å². The van der Waals surface area contributed by atoms with Gasteiger partial charge in [-0.15, -0.1) is 6.58 Å². The van der Waals surface area contributed by atoms with Gasteiger partial charge < -0.3 is 14.0 Å². The Hall–Kier alpha value is 0.0538. The molecule has 0 aliphatic heterocycles. The van der Waals surface area contributed by atoms with E-state index in [4.69, 9.17) is 14.0 Å². The summed E-state index contributed by atoms with van der Waals surface area (Å²) >= 11 is 0. The maximum Gasteiger partial charge on any atom is 0.156 e. The maximum absolute atomic E-state index is 8.13. The summed E-state index contributed by atoms with van der Waals surface area (Å²) in [5, 5.41) is 8.13. The van der Waals surface area contributed by atoms with E-state index in [1.807, 2.05) is 0 Å². The Labute approximate surface area is 113 Å². The van der Waals surface area contributed by atoms with E-state index in [0.717, 1.165) is 0 Å². The summed E-state index contributed by atoms with van der Waals surface area (Å²) in [5.74, 6) is 0. The molecule has 0 heterocycles. The molecule has 0 unspecified atom stereocenters. The minimum atomic E-state index is -0.667. The Morgan fingerprint density at radius 1 is 1.06 bits per heavy atom. The zero-order valence-electron chi connectivity index (χ0n) is 9.82. The highest BCUT2D eigenvalue weighted by Crippen LogP contribution is 1.87. The largest absolute Gasteiger partial charge is 0.461 e. The minimum Gasteiger partial charge on any atom is -0.461 e. The molecule has 3 nitrogen and oxygen atoms in total. The molecule has 0 aromatic heterocycles. The molecule has 5 heteroatoms. The number of aliphatic hydroxyl groups is 1. The second kappa shape index (κ2) is 25.0. The zero-order valence-corrected chi connectivity index (χ0v) is 12.1. The van der Waals surface area contributed by atoms with Crippen molar-refractivity contribution in [2.75, 3.05) is 19.8 Å². The van der Waals surface area contributed by atoms with Crippen LogP contribution in [0.15, 0.2) is 12.7 Å². The Balaban J connectivity index is -0.0000000480. The van der Waals surface area contributed by atoms with Crippen LogP contribution in [0.4, 0.5) is 0 Å².